The van der Waals surface area contributed by atoms with E-state index >= 15 is 0 Å². The number of nitrogens with one attached hydrogen (secondary N) is 1. The minimum Gasteiger partial charge on any atom is -0.497 e. The van der Waals surface area contributed by atoms with Crippen molar-refractivity contribution >= 4 is 21.1 Å². The van der Waals surface area contributed by atoms with Crippen LogP contribution >= 0.6 is 0 Å². The van der Waals surface area contributed by atoms with Crippen LogP contribution in [0.4, 0.5) is 0 Å². The van der Waals surface area contributed by atoms with Crippen molar-refractivity contribution in [3.05, 3.63) is 53.9 Å². The Balaban J connectivity index is 1.81. The fourth-order valence-corrected chi connectivity index (χ4v) is 3.84. The molecule has 0 bridgehead atoms. The second kappa shape index (κ2) is 6.26. The number of nitrogens with zero attached hydrogens (tertiary/aromatic N) is 2. The molecule has 126 valence electrons. The van der Waals surface area contributed by atoms with Crippen LogP contribution in [0.15, 0.2) is 47.6 Å². The summed E-state index contributed by atoms with van der Waals surface area (Å²) >= 11 is 0. The summed E-state index contributed by atoms with van der Waals surface area (Å²) in [6.07, 6.45) is 1.74. The van der Waals surface area contributed by atoms with E-state index in [1.165, 1.54) is 0 Å². The predicted molar refractivity (Wildman–Crippen MR) is 92.5 cm³/mol. The summed E-state index contributed by atoms with van der Waals surface area (Å²) in [7, 11) is -0.122. The Morgan fingerprint density at radius 2 is 2.00 bits per heavy atom. The van der Waals surface area contributed by atoms with Crippen molar-refractivity contribution in [1.82, 2.24) is 14.3 Å². The number of rotatable bonds is 5. The highest BCUT2D eigenvalue weighted by Gasteiger charge is 2.17. The van der Waals surface area contributed by atoms with Crippen LogP contribution in [0.5, 0.6) is 5.75 Å². The van der Waals surface area contributed by atoms with Gasteiger partial charge in [-0.3, -0.25) is 0 Å². The lowest BCUT2D eigenvalue weighted by Gasteiger charge is -2.10. The highest BCUT2D eigenvalue weighted by atomic mass is 32.2. The van der Waals surface area contributed by atoms with Gasteiger partial charge in [0, 0.05) is 13.6 Å². The van der Waals surface area contributed by atoms with E-state index in [1.807, 2.05) is 29.8 Å². The lowest BCUT2D eigenvalue weighted by molar-refractivity contribution is 0.414. The molecule has 0 amide bonds. The fraction of sp³-hybridized carbons (Fsp3) is 0.235. The van der Waals surface area contributed by atoms with E-state index in [9.17, 15) is 8.42 Å². The summed E-state index contributed by atoms with van der Waals surface area (Å²) in [5.74, 6) is 0.632. The van der Waals surface area contributed by atoms with Crippen LogP contribution in [-0.4, -0.2) is 25.1 Å². The van der Waals surface area contributed by atoms with Gasteiger partial charge in [0.1, 0.15) is 5.75 Å². The smallest absolute Gasteiger partial charge is 0.241 e. The quantitative estimate of drug-likeness (QED) is 0.770. The van der Waals surface area contributed by atoms with E-state index in [-0.39, 0.29) is 11.4 Å². The maximum absolute atomic E-state index is 12.5. The van der Waals surface area contributed by atoms with E-state index in [0.717, 1.165) is 16.6 Å². The third-order valence-corrected chi connectivity index (χ3v) is 5.49. The molecule has 0 radical (unpaired) electrons. The Kier molecular flexibility index (Phi) is 4.29. The molecule has 1 aromatic heterocycles. The molecule has 0 aliphatic rings. The number of methoxy groups -OCH3 is 1. The van der Waals surface area contributed by atoms with Gasteiger partial charge in [0.25, 0.3) is 0 Å². The highest BCUT2D eigenvalue weighted by molar-refractivity contribution is 7.89. The van der Waals surface area contributed by atoms with Gasteiger partial charge >= 0.3 is 0 Å². The first-order valence-electron chi connectivity index (χ1n) is 7.45. The van der Waals surface area contributed by atoms with Gasteiger partial charge in [0.05, 0.1) is 29.4 Å². The van der Waals surface area contributed by atoms with Crippen molar-refractivity contribution in [2.75, 3.05) is 7.11 Å². The summed E-state index contributed by atoms with van der Waals surface area (Å²) < 4.78 is 34.7. The molecular formula is C17H19N3O3S. The Hall–Kier alpha value is -2.38. The van der Waals surface area contributed by atoms with Crippen LogP contribution in [0.1, 0.15) is 11.1 Å². The minimum absolute atomic E-state index is 0.209. The van der Waals surface area contributed by atoms with E-state index < -0.39 is 10.0 Å². The number of fused-ring (bicyclic) bond motifs is 1. The van der Waals surface area contributed by atoms with Crippen molar-refractivity contribution in [2.45, 2.75) is 18.4 Å². The molecular weight excluding hydrogens is 326 g/mol. The fourth-order valence-electron chi connectivity index (χ4n) is 2.60. The Morgan fingerprint density at radius 1 is 1.21 bits per heavy atom. The number of benzene rings is 2. The number of ether oxygens (including phenoxy) is 1. The molecule has 0 saturated carbocycles. The summed E-state index contributed by atoms with van der Waals surface area (Å²) in [4.78, 5) is 4.54. The minimum atomic E-state index is -3.59. The lowest BCUT2D eigenvalue weighted by atomic mass is 10.2. The van der Waals surface area contributed by atoms with Gasteiger partial charge < -0.3 is 9.30 Å². The van der Waals surface area contributed by atoms with E-state index in [2.05, 4.69) is 9.71 Å². The Bertz CT molecular complexity index is 993. The average Bonchev–Trinajstić information content (AvgIpc) is 2.93. The molecule has 0 aliphatic carbocycles. The van der Waals surface area contributed by atoms with Gasteiger partial charge in [0.15, 0.2) is 0 Å². The van der Waals surface area contributed by atoms with Crippen LogP contribution in [0.2, 0.25) is 0 Å². The first kappa shape index (κ1) is 16.5. The summed E-state index contributed by atoms with van der Waals surface area (Å²) in [5, 5.41) is 0. The standard InChI is InChI=1S/C17H19N3O3S/c1-12-8-14(23-3)5-7-17(12)24(21,22)19-10-13-4-6-16-15(9-13)18-11-20(16)2/h4-9,11,19H,10H2,1-3H3. The second-order valence-electron chi connectivity index (χ2n) is 5.63. The molecule has 0 unspecified atom stereocenters. The Labute approximate surface area is 141 Å². The summed E-state index contributed by atoms with van der Waals surface area (Å²) in [6.45, 7) is 1.96. The molecule has 0 saturated heterocycles. The van der Waals surface area contributed by atoms with Gasteiger partial charge in [-0.05, 0) is 48.4 Å². The zero-order chi connectivity index (χ0) is 17.3. The third-order valence-electron chi connectivity index (χ3n) is 3.93. The van der Waals surface area contributed by atoms with E-state index in [4.69, 9.17) is 4.74 Å². The van der Waals surface area contributed by atoms with Crippen molar-refractivity contribution in [2.24, 2.45) is 7.05 Å². The maximum atomic E-state index is 12.5. The van der Waals surface area contributed by atoms with Gasteiger partial charge in [-0.1, -0.05) is 6.07 Å². The van der Waals surface area contributed by atoms with Gasteiger partial charge in [-0.15, -0.1) is 0 Å². The number of hydrogen-bond acceptors (Lipinski definition) is 4. The van der Waals surface area contributed by atoms with Crippen LogP contribution in [0.25, 0.3) is 11.0 Å². The first-order chi connectivity index (χ1) is 11.4. The van der Waals surface area contributed by atoms with Gasteiger partial charge in [-0.2, -0.15) is 0 Å². The van der Waals surface area contributed by atoms with Crippen LogP contribution in [0, 0.1) is 6.92 Å². The third kappa shape index (κ3) is 3.13. The second-order valence-corrected chi connectivity index (χ2v) is 7.37. The average molecular weight is 345 g/mol. The summed E-state index contributed by atoms with van der Waals surface area (Å²) in [6, 6.07) is 10.6. The largest absolute Gasteiger partial charge is 0.497 e. The number of imidazole rings is 1. The molecule has 0 atom stereocenters. The van der Waals surface area contributed by atoms with Crippen LogP contribution in [0.3, 0.4) is 0 Å². The summed E-state index contributed by atoms with van der Waals surface area (Å²) in [5.41, 5.74) is 3.35. The number of sulfonamides is 1. The van der Waals surface area contributed by atoms with Crippen molar-refractivity contribution in [3.63, 3.8) is 0 Å². The SMILES string of the molecule is COc1ccc(S(=O)(=O)NCc2ccc3c(c2)ncn3C)c(C)c1. The molecule has 24 heavy (non-hydrogen) atoms. The van der Waals surface area contributed by atoms with Gasteiger partial charge in [0.2, 0.25) is 10.0 Å². The molecule has 2 aromatic carbocycles. The van der Waals surface area contributed by atoms with Crippen molar-refractivity contribution in [3.8, 4) is 5.75 Å². The highest BCUT2D eigenvalue weighted by Crippen LogP contribution is 2.21. The molecule has 7 heteroatoms. The molecule has 3 rings (SSSR count). The predicted octanol–water partition coefficient (Wildman–Crippen LogP) is 2.37. The molecule has 1 heterocycles. The van der Waals surface area contributed by atoms with Crippen molar-refractivity contribution < 1.29 is 13.2 Å². The lowest BCUT2D eigenvalue weighted by Crippen LogP contribution is -2.24. The maximum Gasteiger partial charge on any atom is 0.241 e. The number of hydrogen-bond donors (Lipinski definition) is 1. The van der Waals surface area contributed by atoms with Crippen LogP contribution in [-0.2, 0) is 23.6 Å². The normalized spacial score (nSPS) is 11.8. The Morgan fingerprint density at radius 3 is 2.71 bits per heavy atom. The topological polar surface area (TPSA) is 73.2 Å². The van der Waals surface area contributed by atoms with Crippen LogP contribution < -0.4 is 9.46 Å². The van der Waals surface area contributed by atoms with Crippen molar-refractivity contribution in [1.29, 1.82) is 0 Å². The van der Waals surface area contributed by atoms with E-state index in [1.54, 1.807) is 38.6 Å². The van der Waals surface area contributed by atoms with E-state index in [0.29, 0.717) is 11.3 Å². The molecule has 0 fully saturated rings. The molecule has 6 nitrogen and oxygen atoms in total. The number of aryl methyl sites for hydroxylation is 2. The molecule has 1 N–H and O–H groups in total. The van der Waals surface area contributed by atoms with Gasteiger partial charge in [-0.25, -0.2) is 18.1 Å². The molecule has 0 aliphatic heterocycles. The zero-order valence-corrected chi connectivity index (χ0v) is 14.6. The number of aromatic nitrogens is 2. The first-order valence-corrected chi connectivity index (χ1v) is 8.93. The zero-order valence-electron chi connectivity index (χ0n) is 13.8. The molecule has 0 spiro atoms. The monoisotopic (exact) mass is 345 g/mol. The molecule has 3 aromatic rings.